The Bertz CT molecular complexity index is 624. The summed E-state index contributed by atoms with van der Waals surface area (Å²) in [5.41, 5.74) is 8.83. The highest BCUT2D eigenvalue weighted by Crippen LogP contribution is 2.27. The zero-order chi connectivity index (χ0) is 17.4. The molecule has 0 aromatic heterocycles. The van der Waals surface area contributed by atoms with Crippen molar-refractivity contribution in [1.29, 1.82) is 0 Å². The Kier molecular flexibility index (Phi) is 7.22. The van der Waals surface area contributed by atoms with E-state index in [-0.39, 0.29) is 5.54 Å². The highest BCUT2D eigenvalue weighted by atomic mass is 79.9. The number of halogens is 1. The van der Waals surface area contributed by atoms with Crippen LogP contribution in [0.15, 0.2) is 71.7 Å². The molecule has 2 aromatic carbocycles. The molecule has 2 atom stereocenters. The van der Waals surface area contributed by atoms with Crippen molar-refractivity contribution in [3.8, 4) is 0 Å². The normalized spacial score (nSPS) is 14.8. The molecule has 0 aliphatic rings. The molecule has 0 heterocycles. The van der Waals surface area contributed by atoms with E-state index < -0.39 is 0 Å². The third-order valence-corrected chi connectivity index (χ3v) is 5.01. The third kappa shape index (κ3) is 5.30. The van der Waals surface area contributed by atoms with Crippen molar-refractivity contribution in [3.63, 3.8) is 0 Å². The van der Waals surface area contributed by atoms with Crippen LogP contribution in [-0.4, -0.2) is 6.54 Å². The molecule has 0 bridgehead atoms. The molecule has 0 amide bonds. The maximum absolute atomic E-state index is 6.67. The average molecular weight is 387 g/mol. The highest BCUT2D eigenvalue weighted by Gasteiger charge is 2.25. The zero-order valence-electron chi connectivity index (χ0n) is 14.3. The molecule has 1 unspecified atom stereocenters. The van der Waals surface area contributed by atoms with Gasteiger partial charge in [-0.05, 0) is 56.0 Å². The fourth-order valence-corrected chi connectivity index (χ4v) is 3.25. The number of nitrogens with one attached hydrogen (secondary N) is 1. The van der Waals surface area contributed by atoms with Gasteiger partial charge in [0.2, 0.25) is 0 Å². The van der Waals surface area contributed by atoms with Crippen LogP contribution in [0.5, 0.6) is 0 Å². The maximum atomic E-state index is 6.67. The monoisotopic (exact) mass is 386 g/mol. The number of nitrogens with two attached hydrogens (primary N) is 1. The van der Waals surface area contributed by atoms with Crippen LogP contribution in [0.2, 0.25) is 0 Å². The van der Waals surface area contributed by atoms with E-state index >= 15 is 0 Å². The Morgan fingerprint density at radius 3 is 2.46 bits per heavy atom. The van der Waals surface area contributed by atoms with Crippen LogP contribution < -0.4 is 11.1 Å². The molecule has 2 aromatic rings. The van der Waals surface area contributed by atoms with Crippen LogP contribution in [0.1, 0.15) is 43.4 Å². The highest BCUT2D eigenvalue weighted by molar-refractivity contribution is 9.10. The van der Waals surface area contributed by atoms with Gasteiger partial charge in [0.15, 0.2) is 0 Å². The fourth-order valence-electron chi connectivity index (χ4n) is 2.98. The molecule has 128 valence electrons. The van der Waals surface area contributed by atoms with Gasteiger partial charge in [0.25, 0.3) is 0 Å². The van der Waals surface area contributed by atoms with E-state index in [1.165, 1.54) is 11.1 Å². The standard InChI is InChI=1S/C21H27BrN2/c1-3-14-21(23,19-8-5-4-6-9-19)15-7-16-24-17(2)18-10-12-20(22)13-11-18/h3-6,8-13,17,24H,1,7,14-16,23H2,2H3/t17-,21?/m0/s1. The summed E-state index contributed by atoms with van der Waals surface area (Å²) in [7, 11) is 0. The van der Waals surface area contributed by atoms with E-state index in [1.54, 1.807) is 0 Å². The molecular formula is C21H27BrN2. The lowest BCUT2D eigenvalue weighted by Gasteiger charge is -2.29. The Morgan fingerprint density at radius 2 is 1.83 bits per heavy atom. The van der Waals surface area contributed by atoms with E-state index in [4.69, 9.17) is 5.73 Å². The number of hydrogen-bond acceptors (Lipinski definition) is 2. The van der Waals surface area contributed by atoms with Gasteiger partial charge in [-0.3, -0.25) is 0 Å². The topological polar surface area (TPSA) is 38.0 Å². The molecule has 3 N–H and O–H groups in total. The molecule has 0 saturated carbocycles. The van der Waals surface area contributed by atoms with Crippen molar-refractivity contribution >= 4 is 15.9 Å². The van der Waals surface area contributed by atoms with Gasteiger partial charge in [-0.1, -0.05) is 64.5 Å². The molecule has 0 spiro atoms. The molecular weight excluding hydrogens is 360 g/mol. The first-order valence-electron chi connectivity index (χ1n) is 8.49. The average Bonchev–Trinajstić information content (AvgIpc) is 2.60. The Labute approximate surface area is 154 Å². The Morgan fingerprint density at radius 1 is 1.17 bits per heavy atom. The lowest BCUT2D eigenvalue weighted by Crippen LogP contribution is -2.37. The molecule has 0 aliphatic heterocycles. The van der Waals surface area contributed by atoms with E-state index in [9.17, 15) is 0 Å². The second-order valence-corrected chi connectivity index (χ2v) is 7.26. The predicted octanol–water partition coefficient (Wildman–Crippen LogP) is 5.31. The molecule has 0 fully saturated rings. The van der Waals surface area contributed by atoms with Crippen molar-refractivity contribution in [2.24, 2.45) is 5.73 Å². The van der Waals surface area contributed by atoms with Crippen LogP contribution >= 0.6 is 15.9 Å². The number of hydrogen-bond donors (Lipinski definition) is 2. The van der Waals surface area contributed by atoms with Gasteiger partial charge in [0.1, 0.15) is 0 Å². The first-order chi connectivity index (χ1) is 11.5. The van der Waals surface area contributed by atoms with Gasteiger partial charge in [0, 0.05) is 16.1 Å². The summed E-state index contributed by atoms with van der Waals surface area (Å²) in [6.07, 6.45) is 4.67. The van der Waals surface area contributed by atoms with Crippen LogP contribution in [-0.2, 0) is 5.54 Å². The van der Waals surface area contributed by atoms with Crippen LogP contribution in [0.25, 0.3) is 0 Å². The third-order valence-electron chi connectivity index (χ3n) is 4.48. The predicted molar refractivity (Wildman–Crippen MR) is 107 cm³/mol. The molecule has 0 aliphatic carbocycles. The largest absolute Gasteiger partial charge is 0.321 e. The van der Waals surface area contributed by atoms with Gasteiger partial charge in [-0.2, -0.15) is 0 Å². The summed E-state index contributed by atoms with van der Waals surface area (Å²) in [5.74, 6) is 0. The van der Waals surface area contributed by atoms with Crippen molar-refractivity contribution in [1.82, 2.24) is 5.32 Å². The number of benzene rings is 2. The summed E-state index contributed by atoms with van der Waals surface area (Å²) < 4.78 is 1.11. The van der Waals surface area contributed by atoms with Gasteiger partial charge in [-0.25, -0.2) is 0 Å². The van der Waals surface area contributed by atoms with Crippen LogP contribution in [0.3, 0.4) is 0 Å². The summed E-state index contributed by atoms with van der Waals surface area (Å²) in [5, 5.41) is 3.59. The molecule has 0 saturated heterocycles. The summed E-state index contributed by atoms with van der Waals surface area (Å²) in [4.78, 5) is 0. The van der Waals surface area contributed by atoms with Crippen molar-refractivity contribution in [2.75, 3.05) is 6.54 Å². The minimum atomic E-state index is -0.328. The van der Waals surface area contributed by atoms with Crippen LogP contribution in [0, 0.1) is 0 Å². The molecule has 2 nitrogen and oxygen atoms in total. The van der Waals surface area contributed by atoms with Crippen molar-refractivity contribution in [3.05, 3.63) is 82.9 Å². The van der Waals surface area contributed by atoms with Crippen molar-refractivity contribution < 1.29 is 0 Å². The summed E-state index contributed by atoms with van der Waals surface area (Å²) in [6.45, 7) is 7.01. The molecule has 0 radical (unpaired) electrons. The van der Waals surface area contributed by atoms with E-state index in [0.717, 1.165) is 30.3 Å². The van der Waals surface area contributed by atoms with Gasteiger partial charge in [0.05, 0.1) is 0 Å². The minimum absolute atomic E-state index is 0.328. The fraction of sp³-hybridized carbons (Fsp3) is 0.333. The van der Waals surface area contributed by atoms with Gasteiger partial charge >= 0.3 is 0 Å². The molecule has 3 heteroatoms. The molecule has 24 heavy (non-hydrogen) atoms. The Hall–Kier alpha value is -1.42. The van der Waals surface area contributed by atoms with E-state index in [2.05, 4.69) is 71.1 Å². The van der Waals surface area contributed by atoms with E-state index in [0.29, 0.717) is 6.04 Å². The first-order valence-corrected chi connectivity index (χ1v) is 9.28. The smallest absolute Gasteiger partial charge is 0.0444 e. The van der Waals surface area contributed by atoms with Crippen molar-refractivity contribution in [2.45, 2.75) is 37.8 Å². The quantitative estimate of drug-likeness (QED) is 0.452. The number of rotatable bonds is 9. The Balaban J connectivity index is 1.87. The summed E-state index contributed by atoms with van der Waals surface area (Å²) in [6, 6.07) is 19.1. The first kappa shape index (κ1) is 18.9. The minimum Gasteiger partial charge on any atom is -0.321 e. The van der Waals surface area contributed by atoms with Gasteiger partial charge < -0.3 is 11.1 Å². The zero-order valence-corrected chi connectivity index (χ0v) is 15.9. The van der Waals surface area contributed by atoms with Gasteiger partial charge in [-0.15, -0.1) is 6.58 Å². The SMILES string of the molecule is C=CCC(N)(CCCN[C@@H](C)c1ccc(Br)cc1)c1ccccc1. The maximum Gasteiger partial charge on any atom is 0.0444 e. The summed E-state index contributed by atoms with van der Waals surface area (Å²) >= 11 is 3.47. The van der Waals surface area contributed by atoms with E-state index in [1.807, 2.05) is 24.3 Å². The lowest BCUT2D eigenvalue weighted by atomic mass is 9.83. The second kappa shape index (κ2) is 9.16. The lowest BCUT2D eigenvalue weighted by molar-refractivity contribution is 0.389. The van der Waals surface area contributed by atoms with Crippen LogP contribution in [0.4, 0.5) is 0 Å². The molecule has 2 rings (SSSR count). The second-order valence-electron chi connectivity index (χ2n) is 6.35.